The molecule has 0 aromatic heterocycles. The highest BCUT2D eigenvalue weighted by molar-refractivity contribution is 5.87. The van der Waals surface area contributed by atoms with Crippen LogP contribution in [0.2, 0.25) is 0 Å². The molecule has 0 aliphatic carbocycles. The van der Waals surface area contributed by atoms with Gasteiger partial charge in [0.05, 0.1) is 5.56 Å². The molecule has 0 amide bonds. The van der Waals surface area contributed by atoms with Crippen molar-refractivity contribution < 1.29 is 19.0 Å². The van der Waals surface area contributed by atoms with Gasteiger partial charge < -0.3 is 9.84 Å². The molecule has 0 radical (unpaired) electrons. The Balaban J connectivity index is 2.13. The van der Waals surface area contributed by atoms with Gasteiger partial charge in [-0.05, 0) is 37.6 Å². The third kappa shape index (κ3) is 3.15. The van der Waals surface area contributed by atoms with Gasteiger partial charge in [-0.15, -0.1) is 0 Å². The van der Waals surface area contributed by atoms with Crippen LogP contribution in [0.15, 0.2) is 36.4 Å². The molecule has 0 aliphatic heterocycles. The molecule has 2 aromatic rings. The van der Waals surface area contributed by atoms with E-state index in [1.807, 2.05) is 32.0 Å². The number of aryl methyl sites for hydroxylation is 2. The van der Waals surface area contributed by atoms with Crippen molar-refractivity contribution in [1.29, 1.82) is 0 Å². The third-order valence-corrected chi connectivity index (χ3v) is 3.01. The average Bonchev–Trinajstić information content (AvgIpc) is 2.38. The monoisotopic (exact) mass is 274 g/mol. The molecule has 2 rings (SSSR count). The maximum absolute atomic E-state index is 13.7. The van der Waals surface area contributed by atoms with E-state index < -0.39 is 11.8 Å². The molecule has 104 valence electrons. The van der Waals surface area contributed by atoms with Crippen molar-refractivity contribution in [2.45, 2.75) is 20.5 Å². The second-order valence-corrected chi connectivity index (χ2v) is 4.67. The molecule has 3 nitrogen and oxygen atoms in total. The van der Waals surface area contributed by atoms with Gasteiger partial charge >= 0.3 is 5.97 Å². The molecule has 0 spiro atoms. The van der Waals surface area contributed by atoms with Crippen LogP contribution in [-0.2, 0) is 6.61 Å². The maximum atomic E-state index is 13.7. The topological polar surface area (TPSA) is 46.5 Å². The van der Waals surface area contributed by atoms with Crippen LogP contribution in [0.5, 0.6) is 5.75 Å². The van der Waals surface area contributed by atoms with Gasteiger partial charge in [0.1, 0.15) is 18.2 Å². The van der Waals surface area contributed by atoms with Crippen LogP contribution in [0.1, 0.15) is 27.0 Å². The van der Waals surface area contributed by atoms with E-state index in [9.17, 15) is 9.18 Å². The largest absolute Gasteiger partial charge is 0.489 e. The van der Waals surface area contributed by atoms with Gasteiger partial charge in [-0.2, -0.15) is 0 Å². The lowest BCUT2D eigenvalue weighted by Crippen LogP contribution is -2.03. The quantitative estimate of drug-likeness (QED) is 0.924. The van der Waals surface area contributed by atoms with Gasteiger partial charge in [-0.3, -0.25) is 0 Å². The number of carbonyl (C=O) groups is 1. The summed E-state index contributed by atoms with van der Waals surface area (Å²) in [5.74, 6) is -1.03. The Morgan fingerprint density at radius 1 is 1.20 bits per heavy atom. The highest BCUT2D eigenvalue weighted by atomic mass is 19.1. The van der Waals surface area contributed by atoms with Crippen LogP contribution in [0.4, 0.5) is 4.39 Å². The predicted molar refractivity (Wildman–Crippen MR) is 73.6 cm³/mol. The first-order valence-electron chi connectivity index (χ1n) is 6.19. The Labute approximate surface area is 116 Å². The van der Waals surface area contributed by atoms with Crippen molar-refractivity contribution in [2.75, 3.05) is 0 Å². The lowest BCUT2D eigenvalue weighted by molar-refractivity contribution is 0.0696. The highest BCUT2D eigenvalue weighted by Gasteiger charge is 2.09. The molecule has 0 bridgehead atoms. The number of halogens is 1. The van der Waals surface area contributed by atoms with Crippen molar-refractivity contribution in [1.82, 2.24) is 0 Å². The van der Waals surface area contributed by atoms with Crippen LogP contribution in [-0.4, -0.2) is 11.1 Å². The summed E-state index contributed by atoms with van der Waals surface area (Å²) in [6.45, 7) is 3.98. The maximum Gasteiger partial charge on any atom is 0.335 e. The smallest absolute Gasteiger partial charge is 0.335 e. The van der Waals surface area contributed by atoms with Crippen LogP contribution < -0.4 is 4.74 Å². The molecule has 0 unspecified atom stereocenters. The number of hydrogen-bond acceptors (Lipinski definition) is 2. The van der Waals surface area contributed by atoms with E-state index in [-0.39, 0.29) is 12.2 Å². The molecule has 0 fully saturated rings. The van der Waals surface area contributed by atoms with Crippen molar-refractivity contribution in [3.05, 3.63) is 64.5 Å². The van der Waals surface area contributed by atoms with Gasteiger partial charge in [0, 0.05) is 5.56 Å². The van der Waals surface area contributed by atoms with E-state index in [0.717, 1.165) is 17.2 Å². The second-order valence-electron chi connectivity index (χ2n) is 4.67. The summed E-state index contributed by atoms with van der Waals surface area (Å²) in [5, 5.41) is 8.77. The normalized spacial score (nSPS) is 10.3. The van der Waals surface area contributed by atoms with Crippen molar-refractivity contribution in [3.8, 4) is 5.75 Å². The third-order valence-electron chi connectivity index (χ3n) is 3.01. The summed E-state index contributed by atoms with van der Waals surface area (Å²) in [6.07, 6.45) is 0. The summed E-state index contributed by atoms with van der Waals surface area (Å²) in [6, 6.07) is 9.55. The first-order chi connectivity index (χ1) is 9.47. The van der Waals surface area contributed by atoms with E-state index in [1.165, 1.54) is 12.1 Å². The molecule has 0 saturated heterocycles. The molecule has 20 heavy (non-hydrogen) atoms. The van der Waals surface area contributed by atoms with Gasteiger partial charge in [-0.1, -0.05) is 23.8 Å². The molecule has 2 aromatic carbocycles. The summed E-state index contributed by atoms with van der Waals surface area (Å²) in [5.41, 5.74) is 2.37. The van der Waals surface area contributed by atoms with Gasteiger partial charge in [0.25, 0.3) is 0 Å². The molecule has 0 heterocycles. The summed E-state index contributed by atoms with van der Waals surface area (Å²) in [4.78, 5) is 10.7. The molecule has 1 N–H and O–H groups in total. The van der Waals surface area contributed by atoms with Gasteiger partial charge in [-0.25, -0.2) is 9.18 Å². The summed E-state index contributed by atoms with van der Waals surface area (Å²) in [7, 11) is 0. The first kappa shape index (κ1) is 14.1. The Morgan fingerprint density at radius 3 is 2.55 bits per heavy atom. The number of ether oxygens (including phenoxy) is 1. The molecular weight excluding hydrogens is 259 g/mol. The number of hydrogen-bond donors (Lipinski definition) is 1. The average molecular weight is 274 g/mol. The Kier molecular flexibility index (Phi) is 4.03. The minimum absolute atomic E-state index is 0.0651. The zero-order valence-electron chi connectivity index (χ0n) is 11.3. The van der Waals surface area contributed by atoms with Crippen molar-refractivity contribution in [3.63, 3.8) is 0 Å². The zero-order valence-corrected chi connectivity index (χ0v) is 11.3. The first-order valence-corrected chi connectivity index (χ1v) is 6.19. The molecular formula is C16H15FO3. The summed E-state index contributed by atoms with van der Waals surface area (Å²) < 4.78 is 19.3. The minimum atomic E-state index is -1.15. The lowest BCUT2D eigenvalue weighted by atomic mass is 10.1. The number of rotatable bonds is 4. The number of aromatic carboxylic acids is 1. The SMILES string of the molecule is Cc1ccc(OCc2ccc(C(=O)O)cc2F)c(C)c1. The minimum Gasteiger partial charge on any atom is -0.489 e. The van der Waals surface area contributed by atoms with Gasteiger partial charge in [0.2, 0.25) is 0 Å². The standard InChI is InChI=1S/C16H15FO3/c1-10-3-6-15(11(2)7-10)20-9-13-5-4-12(16(18)19)8-14(13)17/h3-8H,9H2,1-2H3,(H,18,19). The highest BCUT2D eigenvalue weighted by Crippen LogP contribution is 2.21. The second kappa shape index (κ2) is 5.74. The fourth-order valence-electron chi connectivity index (χ4n) is 1.91. The predicted octanol–water partition coefficient (Wildman–Crippen LogP) is 3.72. The van der Waals surface area contributed by atoms with E-state index in [4.69, 9.17) is 9.84 Å². The van der Waals surface area contributed by atoms with Gasteiger partial charge in [0.15, 0.2) is 0 Å². The summed E-state index contributed by atoms with van der Waals surface area (Å²) >= 11 is 0. The number of carboxylic acid groups (broad SMARTS) is 1. The fraction of sp³-hybridized carbons (Fsp3) is 0.188. The van der Waals surface area contributed by atoms with Crippen LogP contribution in [0.3, 0.4) is 0 Å². The molecule has 0 saturated carbocycles. The van der Waals surface area contributed by atoms with E-state index in [0.29, 0.717) is 11.3 Å². The van der Waals surface area contributed by atoms with E-state index in [2.05, 4.69) is 0 Å². The number of carboxylic acids is 1. The van der Waals surface area contributed by atoms with Crippen LogP contribution in [0.25, 0.3) is 0 Å². The number of benzene rings is 2. The fourth-order valence-corrected chi connectivity index (χ4v) is 1.91. The van der Waals surface area contributed by atoms with Crippen LogP contribution >= 0.6 is 0 Å². The van der Waals surface area contributed by atoms with E-state index >= 15 is 0 Å². The zero-order chi connectivity index (χ0) is 14.7. The molecule has 0 atom stereocenters. The van der Waals surface area contributed by atoms with Crippen molar-refractivity contribution >= 4 is 5.97 Å². The molecule has 0 aliphatic rings. The van der Waals surface area contributed by atoms with E-state index in [1.54, 1.807) is 0 Å². The van der Waals surface area contributed by atoms with Crippen LogP contribution in [0, 0.1) is 19.7 Å². The molecule has 4 heteroatoms. The van der Waals surface area contributed by atoms with Crippen molar-refractivity contribution in [2.24, 2.45) is 0 Å². The Hall–Kier alpha value is -2.36. The lowest BCUT2D eigenvalue weighted by Gasteiger charge is -2.10. The Morgan fingerprint density at radius 2 is 1.95 bits per heavy atom. The Bertz CT molecular complexity index is 650.